The zero-order chi connectivity index (χ0) is 21.3. The van der Waals surface area contributed by atoms with Gasteiger partial charge >= 0.3 is 0 Å². The lowest BCUT2D eigenvalue weighted by Gasteiger charge is -2.32. The van der Waals surface area contributed by atoms with Gasteiger partial charge in [0.05, 0.1) is 13.0 Å². The lowest BCUT2D eigenvalue weighted by Crippen LogP contribution is -2.48. The molecule has 1 N–H and O–H groups in total. The SMILES string of the molecule is CCOc1ccccc1OCC(=O)N1CCC(NC(=O)Cc2ccc(Cl)cc2)CC1. The summed E-state index contributed by atoms with van der Waals surface area (Å²) in [5.41, 5.74) is 0.925. The molecule has 0 bridgehead atoms. The van der Waals surface area contributed by atoms with Crippen molar-refractivity contribution in [3.05, 3.63) is 59.1 Å². The molecule has 3 rings (SSSR count). The zero-order valence-corrected chi connectivity index (χ0v) is 17.9. The van der Waals surface area contributed by atoms with Crippen LogP contribution < -0.4 is 14.8 Å². The summed E-state index contributed by atoms with van der Waals surface area (Å²) in [5.74, 6) is 1.12. The third-order valence-corrected chi connectivity index (χ3v) is 5.24. The molecule has 2 amide bonds. The maximum absolute atomic E-state index is 12.5. The normalized spacial score (nSPS) is 14.3. The standard InChI is InChI=1S/C23H27ClN2O4/c1-2-29-20-5-3-4-6-21(20)30-16-23(28)26-13-11-19(12-14-26)25-22(27)15-17-7-9-18(24)10-8-17/h3-10,19H,2,11-16H2,1H3,(H,25,27). The van der Waals surface area contributed by atoms with Crippen LogP contribution in [0.4, 0.5) is 0 Å². The van der Waals surface area contributed by atoms with Crippen molar-refractivity contribution in [1.29, 1.82) is 0 Å². The average molecular weight is 431 g/mol. The van der Waals surface area contributed by atoms with E-state index in [1.807, 2.05) is 37.3 Å². The van der Waals surface area contributed by atoms with Crippen LogP contribution in [0, 0.1) is 0 Å². The molecule has 30 heavy (non-hydrogen) atoms. The number of para-hydroxylation sites is 2. The summed E-state index contributed by atoms with van der Waals surface area (Å²) in [6, 6.07) is 14.7. The fraction of sp³-hybridized carbons (Fsp3) is 0.391. The Morgan fingerprint density at radius 1 is 1.03 bits per heavy atom. The van der Waals surface area contributed by atoms with Crippen molar-refractivity contribution in [1.82, 2.24) is 10.2 Å². The van der Waals surface area contributed by atoms with Gasteiger partial charge in [-0.15, -0.1) is 0 Å². The molecule has 7 heteroatoms. The number of nitrogens with zero attached hydrogens (tertiary/aromatic N) is 1. The molecule has 0 radical (unpaired) electrons. The Morgan fingerprint density at radius 2 is 1.67 bits per heavy atom. The monoisotopic (exact) mass is 430 g/mol. The van der Waals surface area contributed by atoms with Gasteiger partial charge in [-0.25, -0.2) is 0 Å². The number of amides is 2. The Bertz CT molecular complexity index is 849. The largest absolute Gasteiger partial charge is 0.490 e. The van der Waals surface area contributed by atoms with Gasteiger partial charge in [-0.2, -0.15) is 0 Å². The van der Waals surface area contributed by atoms with Crippen molar-refractivity contribution < 1.29 is 19.1 Å². The minimum absolute atomic E-state index is 0.0158. The van der Waals surface area contributed by atoms with Crippen LogP contribution in [0.3, 0.4) is 0 Å². The number of benzene rings is 2. The van der Waals surface area contributed by atoms with E-state index in [1.54, 1.807) is 23.1 Å². The molecule has 0 aliphatic carbocycles. The number of nitrogens with one attached hydrogen (secondary N) is 1. The number of carbonyl (C=O) groups excluding carboxylic acids is 2. The minimum atomic E-state index is -0.0627. The fourth-order valence-electron chi connectivity index (χ4n) is 3.41. The van der Waals surface area contributed by atoms with Crippen LogP contribution in [-0.2, 0) is 16.0 Å². The Balaban J connectivity index is 1.41. The van der Waals surface area contributed by atoms with Gasteiger partial charge in [-0.1, -0.05) is 35.9 Å². The van der Waals surface area contributed by atoms with Crippen molar-refractivity contribution in [3.63, 3.8) is 0 Å². The van der Waals surface area contributed by atoms with E-state index in [0.717, 1.165) is 18.4 Å². The molecular formula is C23H27ClN2O4. The van der Waals surface area contributed by atoms with Gasteiger partial charge in [0, 0.05) is 24.2 Å². The van der Waals surface area contributed by atoms with Gasteiger partial charge < -0.3 is 19.7 Å². The van der Waals surface area contributed by atoms with Gasteiger partial charge in [-0.05, 0) is 49.6 Å². The van der Waals surface area contributed by atoms with Crippen LogP contribution >= 0.6 is 11.6 Å². The molecule has 0 saturated carbocycles. The zero-order valence-electron chi connectivity index (χ0n) is 17.1. The number of halogens is 1. The van der Waals surface area contributed by atoms with Crippen molar-refractivity contribution in [2.24, 2.45) is 0 Å². The Hall–Kier alpha value is -2.73. The molecule has 0 atom stereocenters. The molecular weight excluding hydrogens is 404 g/mol. The van der Waals surface area contributed by atoms with Crippen LogP contribution in [0.15, 0.2) is 48.5 Å². The first-order valence-electron chi connectivity index (χ1n) is 10.2. The summed E-state index contributed by atoms with van der Waals surface area (Å²) < 4.78 is 11.2. The summed E-state index contributed by atoms with van der Waals surface area (Å²) in [6.07, 6.45) is 1.78. The summed E-state index contributed by atoms with van der Waals surface area (Å²) >= 11 is 5.87. The topological polar surface area (TPSA) is 67.9 Å². The third-order valence-electron chi connectivity index (χ3n) is 4.99. The first-order valence-corrected chi connectivity index (χ1v) is 10.6. The number of likely N-dealkylation sites (tertiary alicyclic amines) is 1. The van der Waals surface area contributed by atoms with E-state index in [0.29, 0.717) is 42.6 Å². The molecule has 1 heterocycles. The van der Waals surface area contributed by atoms with Crippen LogP contribution in [0.1, 0.15) is 25.3 Å². The Kier molecular flexibility index (Phi) is 7.97. The number of rotatable bonds is 8. The smallest absolute Gasteiger partial charge is 0.260 e. The third kappa shape index (κ3) is 6.39. The summed E-state index contributed by atoms with van der Waals surface area (Å²) in [6.45, 7) is 3.60. The lowest BCUT2D eigenvalue weighted by molar-refractivity contribution is -0.134. The summed E-state index contributed by atoms with van der Waals surface area (Å²) in [4.78, 5) is 26.6. The molecule has 2 aromatic rings. The molecule has 1 aliphatic heterocycles. The van der Waals surface area contributed by atoms with Crippen LogP contribution in [0.25, 0.3) is 0 Å². The van der Waals surface area contributed by atoms with Crippen LogP contribution in [0.2, 0.25) is 5.02 Å². The number of piperidine rings is 1. The second-order valence-corrected chi connectivity index (χ2v) is 7.63. The van der Waals surface area contributed by atoms with Gasteiger partial charge in [0.1, 0.15) is 0 Å². The second kappa shape index (κ2) is 10.9. The van der Waals surface area contributed by atoms with E-state index in [9.17, 15) is 9.59 Å². The van der Waals surface area contributed by atoms with Crippen LogP contribution in [0.5, 0.6) is 11.5 Å². The Morgan fingerprint density at radius 3 is 2.30 bits per heavy atom. The molecule has 0 spiro atoms. The number of hydrogen-bond donors (Lipinski definition) is 1. The molecule has 1 aliphatic rings. The molecule has 6 nitrogen and oxygen atoms in total. The van der Waals surface area contributed by atoms with E-state index in [2.05, 4.69) is 5.32 Å². The van der Waals surface area contributed by atoms with Crippen molar-refractivity contribution >= 4 is 23.4 Å². The molecule has 0 aromatic heterocycles. The van der Waals surface area contributed by atoms with E-state index >= 15 is 0 Å². The van der Waals surface area contributed by atoms with Crippen molar-refractivity contribution in [3.8, 4) is 11.5 Å². The van der Waals surface area contributed by atoms with E-state index in [1.165, 1.54) is 0 Å². The first kappa shape index (κ1) is 22.0. The van der Waals surface area contributed by atoms with Gasteiger partial charge in [-0.3, -0.25) is 9.59 Å². The predicted octanol–water partition coefficient (Wildman–Crippen LogP) is 3.47. The number of ether oxygens (including phenoxy) is 2. The molecule has 1 saturated heterocycles. The Labute approximate surface area is 182 Å². The maximum atomic E-state index is 12.5. The highest BCUT2D eigenvalue weighted by molar-refractivity contribution is 6.30. The highest BCUT2D eigenvalue weighted by Crippen LogP contribution is 2.26. The predicted molar refractivity (Wildman–Crippen MR) is 116 cm³/mol. The first-order chi connectivity index (χ1) is 14.5. The van der Waals surface area contributed by atoms with Crippen molar-refractivity contribution in [2.45, 2.75) is 32.2 Å². The minimum Gasteiger partial charge on any atom is -0.490 e. The molecule has 2 aromatic carbocycles. The summed E-state index contributed by atoms with van der Waals surface area (Å²) in [7, 11) is 0. The molecule has 0 unspecified atom stereocenters. The number of carbonyl (C=O) groups is 2. The summed E-state index contributed by atoms with van der Waals surface area (Å²) in [5, 5.41) is 3.72. The molecule has 1 fully saturated rings. The lowest BCUT2D eigenvalue weighted by atomic mass is 10.0. The number of hydrogen-bond acceptors (Lipinski definition) is 4. The van der Waals surface area contributed by atoms with E-state index < -0.39 is 0 Å². The quantitative estimate of drug-likeness (QED) is 0.696. The fourth-order valence-corrected chi connectivity index (χ4v) is 3.54. The van der Waals surface area contributed by atoms with E-state index in [4.69, 9.17) is 21.1 Å². The van der Waals surface area contributed by atoms with Gasteiger partial charge in [0.15, 0.2) is 18.1 Å². The van der Waals surface area contributed by atoms with Crippen LogP contribution in [-0.4, -0.2) is 49.1 Å². The van der Waals surface area contributed by atoms with E-state index in [-0.39, 0.29) is 24.5 Å². The highest BCUT2D eigenvalue weighted by atomic mass is 35.5. The van der Waals surface area contributed by atoms with Gasteiger partial charge in [0.25, 0.3) is 5.91 Å². The molecule has 160 valence electrons. The maximum Gasteiger partial charge on any atom is 0.260 e. The van der Waals surface area contributed by atoms with Gasteiger partial charge in [0.2, 0.25) is 5.91 Å². The second-order valence-electron chi connectivity index (χ2n) is 7.19. The average Bonchev–Trinajstić information content (AvgIpc) is 2.75. The van der Waals surface area contributed by atoms with Crippen molar-refractivity contribution in [2.75, 3.05) is 26.3 Å². The highest BCUT2D eigenvalue weighted by Gasteiger charge is 2.24.